The lowest BCUT2D eigenvalue weighted by Gasteiger charge is -2.17. The zero-order chi connectivity index (χ0) is 20.3. The van der Waals surface area contributed by atoms with Crippen LogP contribution in [-0.2, 0) is 6.54 Å². The van der Waals surface area contributed by atoms with Gasteiger partial charge in [-0.25, -0.2) is 4.79 Å². The number of urea groups is 1. The molecule has 0 aromatic heterocycles. The molecule has 0 bridgehead atoms. The average molecular weight is 539 g/mol. The summed E-state index contributed by atoms with van der Waals surface area (Å²) in [5, 5.41) is 9.66. The Morgan fingerprint density at radius 1 is 1.07 bits per heavy atom. The number of hydrogen-bond acceptors (Lipinski definition) is 3. The van der Waals surface area contributed by atoms with Gasteiger partial charge in [-0.15, -0.1) is 35.7 Å². The van der Waals surface area contributed by atoms with Gasteiger partial charge in [-0.2, -0.15) is 0 Å². The first-order valence-corrected chi connectivity index (χ1v) is 11.0. The third-order valence-corrected chi connectivity index (χ3v) is 5.68. The summed E-state index contributed by atoms with van der Waals surface area (Å²) in [5.74, 6) is 1.73. The zero-order valence-corrected chi connectivity index (χ0v) is 20.4. The third kappa shape index (κ3) is 8.06. The van der Waals surface area contributed by atoms with E-state index in [1.807, 2.05) is 47.0 Å². The molecule has 3 rings (SSSR count). The van der Waals surface area contributed by atoms with Crippen LogP contribution < -0.4 is 16.0 Å². The van der Waals surface area contributed by atoms with Gasteiger partial charge in [0.05, 0.1) is 0 Å². The summed E-state index contributed by atoms with van der Waals surface area (Å²) in [6.07, 6.45) is 2.18. The molecular formula is C22H30IN5OS. The molecular weight excluding hydrogens is 509 g/mol. The zero-order valence-electron chi connectivity index (χ0n) is 17.3. The van der Waals surface area contributed by atoms with Crippen LogP contribution in [0.1, 0.15) is 18.4 Å². The second-order valence-corrected chi connectivity index (χ2v) is 8.01. The number of carbonyl (C=O) groups is 1. The van der Waals surface area contributed by atoms with Gasteiger partial charge in [0.15, 0.2) is 5.96 Å². The molecule has 1 aliphatic heterocycles. The molecule has 1 heterocycles. The van der Waals surface area contributed by atoms with Crippen LogP contribution in [0.2, 0.25) is 0 Å². The van der Waals surface area contributed by atoms with Gasteiger partial charge in [0.2, 0.25) is 0 Å². The maximum absolute atomic E-state index is 12.3. The van der Waals surface area contributed by atoms with Gasteiger partial charge in [-0.3, -0.25) is 4.99 Å². The predicted molar refractivity (Wildman–Crippen MR) is 137 cm³/mol. The van der Waals surface area contributed by atoms with Crippen LogP contribution in [0.5, 0.6) is 0 Å². The Morgan fingerprint density at radius 3 is 2.57 bits per heavy atom. The first kappa shape index (κ1) is 24.3. The van der Waals surface area contributed by atoms with Crippen LogP contribution in [0.3, 0.4) is 0 Å². The van der Waals surface area contributed by atoms with Crippen molar-refractivity contribution in [2.75, 3.05) is 37.8 Å². The highest BCUT2D eigenvalue weighted by atomic mass is 127. The SMILES string of the molecule is CN=C(NCCSc1ccccc1)NCc1cccc(NC(=O)N2CCCC2)c1.I. The Hall–Kier alpha value is -1.94. The molecule has 0 spiro atoms. The topological polar surface area (TPSA) is 68.8 Å². The Morgan fingerprint density at radius 2 is 1.83 bits per heavy atom. The van der Waals surface area contributed by atoms with Gasteiger partial charge in [-0.05, 0) is 42.7 Å². The highest BCUT2D eigenvalue weighted by molar-refractivity contribution is 14.0. The molecule has 3 N–H and O–H groups in total. The van der Waals surface area contributed by atoms with Crippen molar-refractivity contribution in [3.05, 3.63) is 60.2 Å². The van der Waals surface area contributed by atoms with Crippen LogP contribution in [0.25, 0.3) is 0 Å². The highest BCUT2D eigenvalue weighted by Gasteiger charge is 2.17. The number of nitrogens with zero attached hydrogens (tertiary/aromatic N) is 2. The largest absolute Gasteiger partial charge is 0.356 e. The minimum Gasteiger partial charge on any atom is -0.356 e. The Kier molecular flexibility index (Phi) is 10.9. The van der Waals surface area contributed by atoms with E-state index in [0.717, 1.165) is 55.4 Å². The number of aliphatic imine (C=N–C) groups is 1. The number of anilines is 1. The van der Waals surface area contributed by atoms with Gasteiger partial charge in [0, 0.05) is 49.6 Å². The van der Waals surface area contributed by atoms with Crippen molar-refractivity contribution in [3.8, 4) is 0 Å². The smallest absolute Gasteiger partial charge is 0.321 e. The van der Waals surface area contributed by atoms with Gasteiger partial charge in [0.25, 0.3) is 0 Å². The molecule has 0 atom stereocenters. The molecule has 2 aromatic rings. The summed E-state index contributed by atoms with van der Waals surface area (Å²) in [5.41, 5.74) is 1.91. The van der Waals surface area contributed by atoms with Crippen LogP contribution in [0.15, 0.2) is 64.5 Å². The monoisotopic (exact) mass is 539 g/mol. The van der Waals surface area contributed by atoms with Crippen molar-refractivity contribution in [2.45, 2.75) is 24.3 Å². The van der Waals surface area contributed by atoms with E-state index < -0.39 is 0 Å². The molecule has 2 aromatic carbocycles. The van der Waals surface area contributed by atoms with E-state index in [9.17, 15) is 4.79 Å². The Balaban J connectivity index is 0.00000320. The average Bonchev–Trinajstić information content (AvgIpc) is 3.29. The van der Waals surface area contributed by atoms with Crippen LogP contribution >= 0.6 is 35.7 Å². The Labute approximate surface area is 200 Å². The number of hydrogen-bond donors (Lipinski definition) is 3. The Bertz CT molecular complexity index is 812. The van der Waals surface area contributed by atoms with Crippen LogP contribution in [0.4, 0.5) is 10.5 Å². The summed E-state index contributed by atoms with van der Waals surface area (Å²) < 4.78 is 0. The van der Waals surface area contributed by atoms with E-state index in [1.54, 1.807) is 7.05 Å². The molecule has 0 radical (unpaired) electrons. The maximum atomic E-state index is 12.3. The van der Waals surface area contributed by atoms with Crippen molar-refractivity contribution in [1.82, 2.24) is 15.5 Å². The second-order valence-electron chi connectivity index (χ2n) is 6.84. The van der Waals surface area contributed by atoms with Crippen molar-refractivity contribution < 1.29 is 4.79 Å². The van der Waals surface area contributed by atoms with E-state index in [1.165, 1.54) is 4.90 Å². The van der Waals surface area contributed by atoms with E-state index in [-0.39, 0.29) is 30.0 Å². The first-order valence-electron chi connectivity index (χ1n) is 10.0. The van der Waals surface area contributed by atoms with Gasteiger partial charge in [-0.1, -0.05) is 30.3 Å². The number of nitrogens with one attached hydrogen (secondary N) is 3. The molecule has 2 amide bonds. The fourth-order valence-corrected chi connectivity index (χ4v) is 3.93. The highest BCUT2D eigenvalue weighted by Crippen LogP contribution is 2.16. The van der Waals surface area contributed by atoms with E-state index in [0.29, 0.717) is 6.54 Å². The number of thioether (sulfide) groups is 1. The van der Waals surface area contributed by atoms with E-state index in [2.05, 4.69) is 45.2 Å². The number of benzene rings is 2. The third-order valence-electron chi connectivity index (χ3n) is 4.66. The van der Waals surface area contributed by atoms with Crippen molar-refractivity contribution in [1.29, 1.82) is 0 Å². The molecule has 0 aliphatic carbocycles. The van der Waals surface area contributed by atoms with Gasteiger partial charge < -0.3 is 20.9 Å². The number of amides is 2. The fourth-order valence-electron chi connectivity index (χ4n) is 3.14. The summed E-state index contributed by atoms with van der Waals surface area (Å²) in [4.78, 5) is 19.7. The van der Waals surface area contributed by atoms with Crippen molar-refractivity contribution in [3.63, 3.8) is 0 Å². The van der Waals surface area contributed by atoms with Gasteiger partial charge in [0.1, 0.15) is 0 Å². The fraction of sp³-hybridized carbons (Fsp3) is 0.364. The molecule has 1 fully saturated rings. The normalized spacial score (nSPS) is 13.5. The van der Waals surface area contributed by atoms with Crippen molar-refractivity contribution in [2.24, 2.45) is 4.99 Å². The second kappa shape index (κ2) is 13.4. The number of likely N-dealkylation sites (tertiary alicyclic amines) is 1. The minimum absolute atomic E-state index is 0. The summed E-state index contributed by atoms with van der Waals surface area (Å²) in [6, 6.07) is 18.3. The van der Waals surface area contributed by atoms with Gasteiger partial charge >= 0.3 is 6.03 Å². The summed E-state index contributed by atoms with van der Waals surface area (Å²) in [6.45, 7) is 3.15. The summed E-state index contributed by atoms with van der Waals surface area (Å²) >= 11 is 1.82. The van der Waals surface area contributed by atoms with Crippen LogP contribution in [0, 0.1) is 0 Å². The number of carbonyl (C=O) groups excluding carboxylic acids is 1. The number of halogens is 1. The van der Waals surface area contributed by atoms with Crippen molar-refractivity contribution >= 4 is 53.4 Å². The first-order chi connectivity index (χ1) is 14.2. The van der Waals surface area contributed by atoms with E-state index in [4.69, 9.17) is 0 Å². The lowest BCUT2D eigenvalue weighted by molar-refractivity contribution is 0.222. The molecule has 6 nitrogen and oxygen atoms in total. The molecule has 8 heteroatoms. The number of rotatable bonds is 7. The van der Waals surface area contributed by atoms with E-state index >= 15 is 0 Å². The molecule has 1 aliphatic rings. The minimum atomic E-state index is -0.0130. The molecule has 30 heavy (non-hydrogen) atoms. The number of guanidine groups is 1. The molecule has 162 valence electrons. The van der Waals surface area contributed by atoms with Crippen LogP contribution in [-0.4, -0.2) is 49.3 Å². The molecule has 1 saturated heterocycles. The standard InChI is InChI=1S/C22H29N5OS.HI/c1-23-21(24-12-15-29-20-10-3-2-4-11-20)25-17-18-8-7-9-19(16-18)26-22(28)27-13-5-6-14-27;/h2-4,7-11,16H,5-6,12-15,17H2,1H3,(H,26,28)(H2,23,24,25);1H. The lowest BCUT2D eigenvalue weighted by atomic mass is 10.2. The maximum Gasteiger partial charge on any atom is 0.321 e. The predicted octanol–water partition coefficient (Wildman–Crippen LogP) is 4.39. The lowest BCUT2D eigenvalue weighted by Crippen LogP contribution is -2.38. The molecule has 0 unspecified atom stereocenters. The quantitative estimate of drug-likeness (QED) is 0.161. The molecule has 0 saturated carbocycles. The summed E-state index contributed by atoms with van der Waals surface area (Å²) in [7, 11) is 1.77.